The molecule has 2 aromatic carbocycles. The van der Waals surface area contributed by atoms with Crippen molar-refractivity contribution >= 4 is 10.9 Å². The number of benzene rings is 2. The summed E-state index contributed by atoms with van der Waals surface area (Å²) in [5.41, 5.74) is 5.39. The molecule has 0 aliphatic heterocycles. The van der Waals surface area contributed by atoms with Crippen molar-refractivity contribution in [1.82, 2.24) is 9.55 Å². The molecule has 2 N–H and O–H groups in total. The molecule has 0 radical (unpaired) electrons. The highest BCUT2D eigenvalue weighted by atomic mass is 19.1. The highest BCUT2D eigenvalue weighted by Gasteiger charge is 2.17. The summed E-state index contributed by atoms with van der Waals surface area (Å²) in [6.45, 7) is 1.59. The fourth-order valence-electron chi connectivity index (χ4n) is 2.40. The first-order valence-electron chi connectivity index (χ1n) is 6.81. The second-order valence-electron chi connectivity index (χ2n) is 5.19. The average molecular weight is 319 g/mol. The van der Waals surface area contributed by atoms with E-state index in [-0.39, 0.29) is 22.4 Å². The van der Waals surface area contributed by atoms with Gasteiger partial charge in [-0.25, -0.2) is 18.2 Å². The van der Waals surface area contributed by atoms with Crippen LogP contribution in [0, 0.1) is 17.5 Å². The molecule has 0 saturated carbocycles. The topological polar surface area (TPSA) is 60.9 Å². The Balaban J connectivity index is 2.44. The Morgan fingerprint density at radius 3 is 2.30 bits per heavy atom. The van der Waals surface area contributed by atoms with Gasteiger partial charge in [0.15, 0.2) is 0 Å². The van der Waals surface area contributed by atoms with E-state index < -0.39 is 29.1 Å². The van der Waals surface area contributed by atoms with Gasteiger partial charge in [0.1, 0.15) is 23.3 Å². The summed E-state index contributed by atoms with van der Waals surface area (Å²) in [5, 5.41) is -0.000862. The van der Waals surface area contributed by atoms with Gasteiger partial charge in [0.25, 0.3) is 5.56 Å². The monoisotopic (exact) mass is 319 g/mol. The van der Waals surface area contributed by atoms with E-state index >= 15 is 0 Å². The molecule has 118 valence electrons. The van der Waals surface area contributed by atoms with Crippen LogP contribution in [0.5, 0.6) is 0 Å². The molecule has 3 aromatic rings. The molecule has 23 heavy (non-hydrogen) atoms. The Morgan fingerprint density at radius 1 is 1.04 bits per heavy atom. The lowest BCUT2D eigenvalue weighted by Crippen LogP contribution is -2.27. The first-order chi connectivity index (χ1) is 10.9. The van der Waals surface area contributed by atoms with Crippen molar-refractivity contribution in [2.75, 3.05) is 0 Å². The first-order valence-corrected chi connectivity index (χ1v) is 6.81. The molecular weight excluding hydrogens is 307 g/mol. The summed E-state index contributed by atoms with van der Waals surface area (Å²) >= 11 is 0. The van der Waals surface area contributed by atoms with E-state index in [1.165, 1.54) is 12.1 Å². The van der Waals surface area contributed by atoms with Crippen molar-refractivity contribution in [3.63, 3.8) is 0 Å². The third-order valence-corrected chi connectivity index (χ3v) is 3.37. The molecule has 0 saturated heterocycles. The summed E-state index contributed by atoms with van der Waals surface area (Å²) in [6, 6.07) is 5.55. The van der Waals surface area contributed by atoms with E-state index in [4.69, 9.17) is 5.73 Å². The highest BCUT2D eigenvalue weighted by Crippen LogP contribution is 2.19. The number of fused-ring (bicyclic) bond motifs is 1. The van der Waals surface area contributed by atoms with Crippen molar-refractivity contribution in [2.45, 2.75) is 13.0 Å². The maximum atomic E-state index is 13.5. The molecule has 0 aliphatic rings. The Bertz CT molecular complexity index is 946. The second-order valence-corrected chi connectivity index (χ2v) is 5.19. The van der Waals surface area contributed by atoms with Crippen molar-refractivity contribution in [3.05, 3.63) is 70.0 Å². The molecular formula is C16H12F3N3O. The largest absolute Gasteiger partial charge is 0.322 e. The SMILES string of the molecule is CC(N)c1nc2ccc(F)cc2c(=O)n1-c1cc(F)cc(F)c1. The zero-order valence-corrected chi connectivity index (χ0v) is 12.1. The Morgan fingerprint density at radius 2 is 1.70 bits per heavy atom. The van der Waals surface area contributed by atoms with Crippen molar-refractivity contribution in [3.8, 4) is 5.69 Å². The van der Waals surface area contributed by atoms with Gasteiger partial charge >= 0.3 is 0 Å². The van der Waals surface area contributed by atoms with Crippen LogP contribution < -0.4 is 11.3 Å². The fraction of sp³-hybridized carbons (Fsp3) is 0.125. The van der Waals surface area contributed by atoms with Gasteiger partial charge in [-0.3, -0.25) is 9.36 Å². The minimum atomic E-state index is -0.845. The third-order valence-electron chi connectivity index (χ3n) is 3.37. The fourth-order valence-corrected chi connectivity index (χ4v) is 2.40. The molecule has 3 rings (SSSR count). The second kappa shape index (κ2) is 5.51. The smallest absolute Gasteiger partial charge is 0.266 e. The molecule has 0 amide bonds. The van der Waals surface area contributed by atoms with E-state index in [1.807, 2.05) is 0 Å². The summed E-state index contributed by atoms with van der Waals surface area (Å²) in [4.78, 5) is 16.9. The molecule has 0 fully saturated rings. The van der Waals surface area contributed by atoms with Crippen LogP contribution in [-0.4, -0.2) is 9.55 Å². The van der Waals surface area contributed by atoms with Crippen LogP contribution in [0.3, 0.4) is 0 Å². The van der Waals surface area contributed by atoms with Crippen molar-refractivity contribution in [1.29, 1.82) is 0 Å². The van der Waals surface area contributed by atoms with Crippen LogP contribution in [0.2, 0.25) is 0 Å². The molecule has 0 spiro atoms. The van der Waals surface area contributed by atoms with Crippen molar-refractivity contribution < 1.29 is 13.2 Å². The van der Waals surface area contributed by atoms with Crippen LogP contribution >= 0.6 is 0 Å². The quantitative estimate of drug-likeness (QED) is 0.790. The molecule has 1 atom stereocenters. The summed E-state index contributed by atoms with van der Waals surface area (Å²) in [5.74, 6) is -2.18. The lowest BCUT2D eigenvalue weighted by atomic mass is 10.2. The van der Waals surface area contributed by atoms with Crippen LogP contribution in [0.1, 0.15) is 18.8 Å². The van der Waals surface area contributed by atoms with Gasteiger partial charge in [-0.2, -0.15) is 0 Å². The number of nitrogens with two attached hydrogens (primary N) is 1. The van der Waals surface area contributed by atoms with Gasteiger partial charge in [0, 0.05) is 6.07 Å². The first kappa shape index (κ1) is 15.2. The molecule has 1 unspecified atom stereocenters. The molecule has 0 aliphatic carbocycles. The lowest BCUT2D eigenvalue weighted by Gasteiger charge is -2.16. The number of hydrogen-bond acceptors (Lipinski definition) is 3. The van der Waals surface area contributed by atoms with E-state index in [0.717, 1.165) is 22.8 Å². The predicted molar refractivity (Wildman–Crippen MR) is 79.8 cm³/mol. The van der Waals surface area contributed by atoms with Gasteiger partial charge in [0.2, 0.25) is 0 Å². The minimum Gasteiger partial charge on any atom is -0.322 e. The Hall–Kier alpha value is -2.67. The maximum absolute atomic E-state index is 13.5. The van der Waals surface area contributed by atoms with Gasteiger partial charge < -0.3 is 5.73 Å². The van der Waals surface area contributed by atoms with Crippen molar-refractivity contribution in [2.24, 2.45) is 5.73 Å². The van der Waals surface area contributed by atoms with Gasteiger partial charge in [0.05, 0.1) is 22.6 Å². The zero-order chi connectivity index (χ0) is 16.7. The predicted octanol–water partition coefficient (Wildman–Crippen LogP) is 2.82. The molecule has 0 bridgehead atoms. The summed E-state index contributed by atoms with van der Waals surface area (Å²) < 4.78 is 41.4. The molecule has 4 nitrogen and oxygen atoms in total. The molecule has 1 aromatic heterocycles. The number of aromatic nitrogens is 2. The number of hydrogen-bond donors (Lipinski definition) is 1. The van der Waals surface area contributed by atoms with Gasteiger partial charge in [-0.05, 0) is 37.3 Å². The third kappa shape index (κ3) is 2.70. The van der Waals surface area contributed by atoms with E-state index in [2.05, 4.69) is 4.98 Å². The van der Waals surface area contributed by atoms with E-state index in [1.54, 1.807) is 6.92 Å². The Kier molecular flexibility index (Phi) is 3.65. The number of rotatable bonds is 2. The standard InChI is InChI=1S/C16H12F3N3O/c1-8(20)15-21-14-3-2-9(17)7-13(14)16(23)22(15)12-5-10(18)4-11(19)6-12/h2-8H,20H2,1H3. The average Bonchev–Trinajstić information content (AvgIpc) is 2.46. The van der Waals surface area contributed by atoms with E-state index in [9.17, 15) is 18.0 Å². The zero-order valence-electron chi connectivity index (χ0n) is 12.1. The number of nitrogens with zero attached hydrogens (tertiary/aromatic N) is 2. The normalized spacial score (nSPS) is 12.6. The Labute approximate surface area is 129 Å². The van der Waals surface area contributed by atoms with Gasteiger partial charge in [-0.1, -0.05) is 0 Å². The highest BCUT2D eigenvalue weighted by molar-refractivity contribution is 5.78. The minimum absolute atomic E-state index is 0.000862. The summed E-state index contributed by atoms with van der Waals surface area (Å²) in [6.07, 6.45) is 0. The van der Waals surface area contributed by atoms with Crippen LogP contribution in [0.25, 0.3) is 16.6 Å². The molecule has 1 heterocycles. The lowest BCUT2D eigenvalue weighted by molar-refractivity contribution is 0.579. The van der Waals surface area contributed by atoms with Crippen LogP contribution in [0.4, 0.5) is 13.2 Å². The van der Waals surface area contributed by atoms with Crippen LogP contribution in [-0.2, 0) is 0 Å². The summed E-state index contributed by atoms with van der Waals surface area (Å²) in [7, 11) is 0. The maximum Gasteiger partial charge on any atom is 0.266 e. The van der Waals surface area contributed by atoms with Crippen LogP contribution in [0.15, 0.2) is 41.2 Å². The number of halogens is 3. The van der Waals surface area contributed by atoms with Gasteiger partial charge in [-0.15, -0.1) is 0 Å². The van der Waals surface area contributed by atoms with E-state index in [0.29, 0.717) is 6.07 Å². The molecule has 7 heteroatoms.